The van der Waals surface area contributed by atoms with Gasteiger partial charge in [-0.3, -0.25) is 19.3 Å². The van der Waals surface area contributed by atoms with Crippen molar-refractivity contribution in [2.75, 3.05) is 26.5 Å². The van der Waals surface area contributed by atoms with Gasteiger partial charge in [0.2, 0.25) is 10.0 Å². The number of rotatable bonds is 9. The van der Waals surface area contributed by atoms with Gasteiger partial charge in [-0.2, -0.15) is 0 Å². The van der Waals surface area contributed by atoms with Crippen LogP contribution in [-0.4, -0.2) is 56.1 Å². The van der Waals surface area contributed by atoms with Crippen molar-refractivity contribution in [2.45, 2.75) is 13.0 Å². The van der Waals surface area contributed by atoms with Gasteiger partial charge in [-0.15, -0.1) is 0 Å². The first kappa shape index (κ1) is 21.0. The molecule has 1 aliphatic rings. The van der Waals surface area contributed by atoms with Gasteiger partial charge in [0.15, 0.2) is 0 Å². The van der Waals surface area contributed by atoms with E-state index in [1.807, 2.05) is 0 Å². The minimum atomic E-state index is -3.63. The van der Waals surface area contributed by atoms with E-state index in [1.165, 1.54) is 0 Å². The third-order valence-corrected chi connectivity index (χ3v) is 5.53. The molecule has 9 heteroatoms. The summed E-state index contributed by atoms with van der Waals surface area (Å²) in [5, 5.41) is 0. The Morgan fingerprint density at radius 1 is 0.966 bits per heavy atom. The van der Waals surface area contributed by atoms with Crippen LogP contribution in [0, 0.1) is 0 Å². The molecule has 0 fully saturated rings. The number of ether oxygens (including phenoxy) is 1. The summed E-state index contributed by atoms with van der Waals surface area (Å²) in [6.07, 6.45) is 1.30. The Balaban J connectivity index is 1.57. The quantitative estimate of drug-likeness (QED) is 0.457. The maximum absolute atomic E-state index is 12.4. The number of methoxy groups -OCH3 is 1. The Morgan fingerprint density at radius 3 is 2.07 bits per heavy atom. The van der Waals surface area contributed by atoms with Gasteiger partial charge in [-0.05, 0) is 36.2 Å². The number of benzene rings is 2. The number of hydrogen-bond acceptors (Lipinski definition) is 6. The summed E-state index contributed by atoms with van der Waals surface area (Å²) in [7, 11) is -2.07. The van der Waals surface area contributed by atoms with Gasteiger partial charge in [-0.1, -0.05) is 28.7 Å². The molecule has 2 aromatic carbocycles. The number of imide groups is 1. The molecular weight excluding hydrogens is 396 g/mol. The highest BCUT2D eigenvalue weighted by Crippen LogP contribution is 2.22. The number of fused-ring (bicyclic) bond motifs is 1. The van der Waals surface area contributed by atoms with Gasteiger partial charge in [-0.25, -0.2) is 8.42 Å². The molecule has 0 unspecified atom stereocenters. The molecule has 0 N–H and O–H groups in total. The molecule has 0 atom stereocenters. The van der Waals surface area contributed by atoms with Crippen molar-refractivity contribution in [3.63, 3.8) is 0 Å². The molecule has 0 aliphatic carbocycles. The number of carbonyl (C=O) groups is 2. The number of sulfonamides is 1. The first-order valence-corrected chi connectivity index (χ1v) is 10.8. The number of carbonyl (C=O) groups excluding carboxylic acids is 2. The lowest BCUT2D eigenvalue weighted by molar-refractivity contribution is -0.0963. The fraction of sp³-hybridized carbons (Fsp3) is 0.300. The van der Waals surface area contributed by atoms with Crippen LogP contribution in [0.4, 0.5) is 0 Å². The topological polar surface area (TPSA) is 93.2 Å². The van der Waals surface area contributed by atoms with Gasteiger partial charge in [0.1, 0.15) is 5.75 Å². The Bertz CT molecular complexity index is 969. The van der Waals surface area contributed by atoms with E-state index in [1.54, 1.807) is 55.6 Å². The normalized spacial score (nSPS) is 13.8. The molecule has 1 aliphatic heterocycles. The summed E-state index contributed by atoms with van der Waals surface area (Å²) in [5.74, 6) is -0.0408. The summed E-state index contributed by atoms with van der Waals surface area (Å²) in [6.45, 7) is 0.177. The Hall–Kier alpha value is -2.75. The van der Waals surface area contributed by atoms with Gasteiger partial charge >= 0.3 is 0 Å². The second-order valence-corrected chi connectivity index (χ2v) is 8.45. The number of amides is 2. The van der Waals surface area contributed by atoms with Crippen molar-refractivity contribution in [3.8, 4) is 5.75 Å². The average molecular weight is 418 g/mol. The standard InChI is InChI=1S/C20H22N2O6S/c1-27-16-10-8-15(9-11-16)14-28-22(29(2,25)26)13-5-12-21-19(23)17-6-3-4-7-18(17)20(21)24/h3-4,6-11H,5,12-14H2,1-2H3. The van der Waals surface area contributed by atoms with E-state index in [0.717, 1.165) is 21.2 Å². The second-order valence-electron chi connectivity index (χ2n) is 6.57. The van der Waals surface area contributed by atoms with Crippen LogP contribution in [0.2, 0.25) is 0 Å². The number of nitrogens with zero attached hydrogens (tertiary/aromatic N) is 2. The molecule has 2 amide bonds. The van der Waals surface area contributed by atoms with Crippen LogP contribution >= 0.6 is 0 Å². The van der Waals surface area contributed by atoms with E-state index in [0.29, 0.717) is 16.9 Å². The summed E-state index contributed by atoms with van der Waals surface area (Å²) in [4.78, 5) is 31.3. The van der Waals surface area contributed by atoms with E-state index < -0.39 is 10.0 Å². The van der Waals surface area contributed by atoms with Gasteiger partial charge < -0.3 is 4.74 Å². The van der Waals surface area contributed by atoms with E-state index in [-0.39, 0.29) is 37.9 Å². The highest BCUT2D eigenvalue weighted by Gasteiger charge is 2.34. The zero-order valence-electron chi connectivity index (χ0n) is 16.2. The lowest BCUT2D eigenvalue weighted by Gasteiger charge is -2.21. The molecule has 0 spiro atoms. The third-order valence-electron chi connectivity index (χ3n) is 4.50. The summed E-state index contributed by atoms with van der Waals surface area (Å²) in [6, 6.07) is 13.7. The van der Waals surface area contributed by atoms with Gasteiger partial charge in [0, 0.05) is 13.1 Å². The molecule has 3 rings (SSSR count). The Morgan fingerprint density at radius 2 is 1.55 bits per heavy atom. The van der Waals surface area contributed by atoms with Crippen LogP contribution in [0.3, 0.4) is 0 Å². The van der Waals surface area contributed by atoms with Crippen LogP contribution in [0.1, 0.15) is 32.7 Å². The monoisotopic (exact) mass is 418 g/mol. The van der Waals surface area contributed by atoms with Gasteiger partial charge in [0.05, 0.1) is 31.1 Å². The lowest BCUT2D eigenvalue weighted by atomic mass is 10.1. The van der Waals surface area contributed by atoms with Crippen molar-refractivity contribution < 1.29 is 27.6 Å². The molecule has 0 radical (unpaired) electrons. The van der Waals surface area contributed by atoms with Crippen LogP contribution in [0.25, 0.3) is 0 Å². The SMILES string of the molecule is COc1ccc(CON(CCCN2C(=O)c3ccccc3C2=O)S(C)(=O)=O)cc1. The van der Waals surface area contributed by atoms with Crippen LogP contribution < -0.4 is 4.74 Å². The van der Waals surface area contributed by atoms with E-state index in [2.05, 4.69) is 0 Å². The zero-order valence-corrected chi connectivity index (χ0v) is 17.0. The minimum absolute atomic E-state index is 0.0163. The van der Waals surface area contributed by atoms with Crippen molar-refractivity contribution in [3.05, 3.63) is 65.2 Å². The third kappa shape index (κ3) is 4.81. The highest BCUT2D eigenvalue weighted by molar-refractivity contribution is 7.88. The largest absolute Gasteiger partial charge is 0.497 e. The minimum Gasteiger partial charge on any atom is -0.497 e. The van der Waals surface area contributed by atoms with Crippen molar-refractivity contribution in [2.24, 2.45) is 0 Å². The van der Waals surface area contributed by atoms with Crippen molar-refractivity contribution in [1.29, 1.82) is 0 Å². The molecule has 2 aromatic rings. The van der Waals surface area contributed by atoms with Crippen LogP contribution in [0.5, 0.6) is 5.75 Å². The zero-order chi connectivity index (χ0) is 21.0. The molecular formula is C20H22N2O6S. The van der Waals surface area contributed by atoms with Gasteiger partial charge in [0.25, 0.3) is 11.8 Å². The predicted octanol–water partition coefficient (Wildman–Crippen LogP) is 2.07. The lowest BCUT2D eigenvalue weighted by Crippen LogP contribution is -2.35. The van der Waals surface area contributed by atoms with Crippen LogP contribution in [-0.2, 0) is 21.5 Å². The molecule has 0 bridgehead atoms. The molecule has 0 aromatic heterocycles. The number of hydroxylamine groups is 1. The van der Waals surface area contributed by atoms with Crippen molar-refractivity contribution >= 4 is 21.8 Å². The highest BCUT2D eigenvalue weighted by atomic mass is 32.2. The van der Waals surface area contributed by atoms with E-state index in [4.69, 9.17) is 9.57 Å². The maximum atomic E-state index is 12.4. The number of hydrogen-bond donors (Lipinski definition) is 0. The second kappa shape index (κ2) is 8.73. The molecule has 29 heavy (non-hydrogen) atoms. The fourth-order valence-electron chi connectivity index (χ4n) is 2.99. The summed E-state index contributed by atoms with van der Waals surface area (Å²) < 4.78 is 30.0. The maximum Gasteiger partial charge on any atom is 0.261 e. The van der Waals surface area contributed by atoms with Crippen LogP contribution in [0.15, 0.2) is 48.5 Å². The molecule has 154 valence electrons. The first-order chi connectivity index (χ1) is 13.8. The Labute approximate surface area is 169 Å². The predicted molar refractivity (Wildman–Crippen MR) is 106 cm³/mol. The molecule has 1 heterocycles. The molecule has 0 saturated heterocycles. The molecule has 8 nitrogen and oxygen atoms in total. The average Bonchev–Trinajstić information content (AvgIpc) is 2.95. The summed E-state index contributed by atoms with van der Waals surface area (Å²) >= 11 is 0. The Kier molecular flexibility index (Phi) is 6.31. The first-order valence-electron chi connectivity index (χ1n) is 9.00. The van der Waals surface area contributed by atoms with Crippen molar-refractivity contribution in [1.82, 2.24) is 9.37 Å². The molecule has 0 saturated carbocycles. The van der Waals surface area contributed by atoms with E-state index in [9.17, 15) is 18.0 Å². The van der Waals surface area contributed by atoms with E-state index >= 15 is 0 Å². The summed E-state index contributed by atoms with van der Waals surface area (Å²) in [5.41, 5.74) is 1.52. The fourth-order valence-corrected chi connectivity index (χ4v) is 3.70. The smallest absolute Gasteiger partial charge is 0.261 e.